The number of methoxy groups -OCH3 is 1. The molecule has 4 nitrogen and oxygen atoms in total. The highest BCUT2D eigenvalue weighted by atomic mass is 79.9. The summed E-state index contributed by atoms with van der Waals surface area (Å²) >= 11 is 3.41. The van der Waals surface area contributed by atoms with Crippen molar-refractivity contribution >= 4 is 21.7 Å². The second kappa shape index (κ2) is 7.07. The van der Waals surface area contributed by atoms with E-state index in [1.165, 1.54) is 0 Å². The van der Waals surface area contributed by atoms with Crippen molar-refractivity contribution in [1.29, 1.82) is 0 Å². The maximum atomic E-state index is 5.08. The highest BCUT2D eigenvalue weighted by Gasteiger charge is 2.17. The van der Waals surface area contributed by atoms with E-state index in [2.05, 4.69) is 36.8 Å². The molecule has 1 saturated heterocycles. The van der Waals surface area contributed by atoms with Crippen molar-refractivity contribution in [2.75, 3.05) is 51.3 Å². The highest BCUT2D eigenvalue weighted by Crippen LogP contribution is 2.16. The van der Waals surface area contributed by atoms with Crippen molar-refractivity contribution in [1.82, 2.24) is 9.88 Å². The normalized spacial score (nSPS) is 17.1. The van der Waals surface area contributed by atoms with E-state index >= 15 is 0 Å². The lowest BCUT2D eigenvalue weighted by atomic mass is 10.3. The van der Waals surface area contributed by atoms with E-state index in [0.717, 1.165) is 56.0 Å². The largest absolute Gasteiger partial charge is 0.385 e. The summed E-state index contributed by atoms with van der Waals surface area (Å²) in [6, 6.07) is 4.12. The number of halogens is 1. The van der Waals surface area contributed by atoms with E-state index in [9.17, 15) is 0 Å². The average molecular weight is 314 g/mol. The summed E-state index contributed by atoms with van der Waals surface area (Å²) in [5.74, 6) is 1.08. The zero-order valence-electron chi connectivity index (χ0n) is 10.8. The van der Waals surface area contributed by atoms with Crippen molar-refractivity contribution in [3.63, 3.8) is 0 Å². The first kappa shape index (κ1) is 13.8. The fourth-order valence-corrected chi connectivity index (χ4v) is 2.42. The fourth-order valence-electron chi connectivity index (χ4n) is 2.19. The molecule has 0 bridgehead atoms. The highest BCUT2D eigenvalue weighted by molar-refractivity contribution is 9.10. The number of piperazine rings is 1. The number of hydrogen-bond acceptors (Lipinski definition) is 4. The number of pyridine rings is 1. The van der Waals surface area contributed by atoms with Crippen LogP contribution in [0.15, 0.2) is 22.8 Å². The Morgan fingerprint density at radius 3 is 2.67 bits per heavy atom. The Bertz CT molecular complexity index is 350. The van der Waals surface area contributed by atoms with Gasteiger partial charge in [0.15, 0.2) is 0 Å². The lowest BCUT2D eigenvalue weighted by Crippen LogP contribution is -2.47. The predicted octanol–water partition coefficient (Wildman–Crippen LogP) is 2.00. The summed E-state index contributed by atoms with van der Waals surface area (Å²) < 4.78 is 6.11. The minimum atomic E-state index is 0.856. The van der Waals surface area contributed by atoms with Crippen LogP contribution in [0.25, 0.3) is 0 Å². The van der Waals surface area contributed by atoms with Crippen LogP contribution in [0.5, 0.6) is 0 Å². The molecule has 18 heavy (non-hydrogen) atoms. The Morgan fingerprint density at radius 1 is 1.28 bits per heavy atom. The van der Waals surface area contributed by atoms with Crippen LogP contribution in [0.4, 0.5) is 5.82 Å². The number of rotatable bonds is 5. The molecule has 100 valence electrons. The molecule has 1 aromatic heterocycles. The Hall–Kier alpha value is -0.650. The molecule has 0 atom stereocenters. The van der Waals surface area contributed by atoms with Crippen molar-refractivity contribution in [3.8, 4) is 0 Å². The molecular formula is C13H20BrN3O. The number of ether oxygens (including phenoxy) is 1. The summed E-state index contributed by atoms with van der Waals surface area (Å²) in [6.45, 7) is 6.33. The average Bonchev–Trinajstić information content (AvgIpc) is 2.41. The van der Waals surface area contributed by atoms with Crippen LogP contribution >= 0.6 is 15.9 Å². The van der Waals surface area contributed by atoms with Gasteiger partial charge in [-0.05, 0) is 34.5 Å². The van der Waals surface area contributed by atoms with Crippen LogP contribution in [0, 0.1) is 0 Å². The topological polar surface area (TPSA) is 28.6 Å². The van der Waals surface area contributed by atoms with Crippen LogP contribution < -0.4 is 4.90 Å². The van der Waals surface area contributed by atoms with Crippen molar-refractivity contribution in [3.05, 3.63) is 22.8 Å². The lowest BCUT2D eigenvalue weighted by molar-refractivity contribution is 0.169. The smallest absolute Gasteiger partial charge is 0.128 e. The first-order valence-corrected chi connectivity index (χ1v) is 7.16. The summed E-state index contributed by atoms with van der Waals surface area (Å²) in [6.07, 6.45) is 2.98. The van der Waals surface area contributed by atoms with Gasteiger partial charge in [-0.1, -0.05) is 0 Å². The number of aromatic nitrogens is 1. The zero-order chi connectivity index (χ0) is 12.8. The monoisotopic (exact) mass is 313 g/mol. The minimum absolute atomic E-state index is 0.856. The van der Waals surface area contributed by atoms with E-state index < -0.39 is 0 Å². The van der Waals surface area contributed by atoms with Crippen LogP contribution in [-0.2, 0) is 4.74 Å². The fraction of sp³-hybridized carbons (Fsp3) is 0.615. The van der Waals surface area contributed by atoms with Gasteiger partial charge in [-0.3, -0.25) is 4.90 Å². The van der Waals surface area contributed by atoms with Gasteiger partial charge in [-0.2, -0.15) is 0 Å². The molecule has 0 aliphatic carbocycles. The van der Waals surface area contributed by atoms with Crippen LogP contribution in [0.1, 0.15) is 6.42 Å². The standard InChI is InChI=1S/C13H20BrN3O/c1-18-10-2-5-16-6-8-17(9-7-16)13-4-3-12(14)11-15-13/h3-4,11H,2,5-10H2,1H3. The van der Waals surface area contributed by atoms with Crippen LogP contribution in [0.2, 0.25) is 0 Å². The quantitative estimate of drug-likeness (QED) is 0.777. The third-order valence-electron chi connectivity index (χ3n) is 3.23. The van der Waals surface area contributed by atoms with Gasteiger partial charge in [0, 0.05) is 57.1 Å². The molecular weight excluding hydrogens is 294 g/mol. The first-order chi connectivity index (χ1) is 8.79. The SMILES string of the molecule is COCCCN1CCN(c2ccc(Br)cn2)CC1. The van der Waals surface area contributed by atoms with E-state index in [-0.39, 0.29) is 0 Å². The second-order valence-corrected chi connectivity index (χ2v) is 5.43. The Morgan fingerprint density at radius 2 is 2.06 bits per heavy atom. The van der Waals surface area contributed by atoms with Gasteiger partial charge in [0.05, 0.1) is 0 Å². The summed E-state index contributed by atoms with van der Waals surface area (Å²) in [5, 5.41) is 0. The maximum absolute atomic E-state index is 5.08. The Balaban J connectivity index is 1.77. The van der Waals surface area contributed by atoms with E-state index in [4.69, 9.17) is 4.74 Å². The van der Waals surface area contributed by atoms with Gasteiger partial charge in [-0.15, -0.1) is 0 Å². The molecule has 0 aromatic carbocycles. The number of anilines is 1. The molecule has 0 N–H and O–H groups in total. The molecule has 2 heterocycles. The third kappa shape index (κ3) is 3.93. The van der Waals surface area contributed by atoms with Gasteiger partial charge < -0.3 is 9.64 Å². The second-order valence-electron chi connectivity index (χ2n) is 4.51. The van der Waals surface area contributed by atoms with Crippen molar-refractivity contribution < 1.29 is 4.74 Å². The summed E-state index contributed by atoms with van der Waals surface area (Å²) in [7, 11) is 1.76. The van der Waals surface area contributed by atoms with Gasteiger partial charge in [0.2, 0.25) is 0 Å². The Kier molecular flexibility index (Phi) is 5.41. The van der Waals surface area contributed by atoms with Crippen molar-refractivity contribution in [2.24, 2.45) is 0 Å². The zero-order valence-corrected chi connectivity index (χ0v) is 12.4. The first-order valence-electron chi connectivity index (χ1n) is 6.37. The van der Waals surface area contributed by atoms with E-state index in [1.54, 1.807) is 7.11 Å². The number of hydrogen-bond donors (Lipinski definition) is 0. The molecule has 0 radical (unpaired) electrons. The van der Waals surface area contributed by atoms with Crippen LogP contribution in [0.3, 0.4) is 0 Å². The molecule has 0 unspecified atom stereocenters. The van der Waals surface area contributed by atoms with Crippen molar-refractivity contribution in [2.45, 2.75) is 6.42 Å². The van der Waals surface area contributed by atoms with Gasteiger partial charge >= 0.3 is 0 Å². The molecule has 1 aliphatic rings. The number of nitrogens with zero attached hydrogens (tertiary/aromatic N) is 3. The lowest BCUT2D eigenvalue weighted by Gasteiger charge is -2.35. The van der Waals surface area contributed by atoms with E-state index in [0.29, 0.717) is 0 Å². The van der Waals surface area contributed by atoms with Crippen LogP contribution in [-0.4, -0.2) is 56.3 Å². The van der Waals surface area contributed by atoms with Gasteiger partial charge in [0.25, 0.3) is 0 Å². The maximum Gasteiger partial charge on any atom is 0.128 e. The van der Waals surface area contributed by atoms with E-state index in [1.807, 2.05) is 12.3 Å². The van der Waals surface area contributed by atoms with Gasteiger partial charge in [0.1, 0.15) is 5.82 Å². The molecule has 0 amide bonds. The summed E-state index contributed by atoms with van der Waals surface area (Å²) in [5.41, 5.74) is 0. The third-order valence-corrected chi connectivity index (χ3v) is 3.70. The van der Waals surface area contributed by atoms with Gasteiger partial charge in [-0.25, -0.2) is 4.98 Å². The molecule has 0 saturated carbocycles. The summed E-state index contributed by atoms with van der Waals surface area (Å²) in [4.78, 5) is 9.28. The minimum Gasteiger partial charge on any atom is -0.385 e. The molecule has 2 rings (SSSR count). The molecule has 1 aliphatic heterocycles. The molecule has 0 spiro atoms. The Labute approximate surface area is 117 Å². The molecule has 1 aromatic rings. The molecule has 5 heteroatoms. The molecule has 1 fully saturated rings. The predicted molar refractivity (Wildman–Crippen MR) is 77.1 cm³/mol.